The molecule has 1 fully saturated rings. The molecule has 1 saturated heterocycles. The lowest BCUT2D eigenvalue weighted by atomic mass is 9.83. The van der Waals surface area contributed by atoms with Crippen molar-refractivity contribution in [1.29, 1.82) is 0 Å². The molecule has 5 rings (SSSR count). The Morgan fingerprint density at radius 1 is 1.03 bits per heavy atom. The minimum atomic E-state index is -0.839. The van der Waals surface area contributed by atoms with E-state index in [1.807, 2.05) is 31.2 Å². The number of ether oxygens (including phenoxy) is 2. The van der Waals surface area contributed by atoms with E-state index in [1.165, 1.54) is 6.07 Å². The molecule has 4 N–H and O–H groups in total. The Morgan fingerprint density at radius 2 is 1.63 bits per heavy atom. The van der Waals surface area contributed by atoms with Crippen LogP contribution in [0.1, 0.15) is 25.8 Å². The van der Waals surface area contributed by atoms with E-state index in [1.54, 1.807) is 31.2 Å². The van der Waals surface area contributed by atoms with Gasteiger partial charge in [0, 0.05) is 11.5 Å². The van der Waals surface area contributed by atoms with Crippen molar-refractivity contribution in [1.82, 2.24) is 9.97 Å². The normalized spacial score (nSPS) is 19.8. The van der Waals surface area contributed by atoms with Gasteiger partial charge in [0.1, 0.15) is 17.4 Å². The maximum absolute atomic E-state index is 15.5. The number of hydrogen-bond donors (Lipinski definition) is 4. The van der Waals surface area contributed by atoms with E-state index in [2.05, 4.69) is 9.97 Å². The molecular weight excluding hydrogens is 494 g/mol. The van der Waals surface area contributed by atoms with E-state index in [4.69, 9.17) is 9.47 Å². The number of aromatic nitrogens is 2. The summed E-state index contributed by atoms with van der Waals surface area (Å²) in [7, 11) is 0. The number of imidazole rings is 1. The van der Waals surface area contributed by atoms with E-state index in [0.717, 1.165) is 16.7 Å². The predicted molar refractivity (Wildman–Crippen MR) is 139 cm³/mol. The third-order valence-electron chi connectivity index (χ3n) is 7.34. The molecule has 0 radical (unpaired) electrons. The minimum absolute atomic E-state index is 0.0165. The molecule has 1 aliphatic heterocycles. The highest BCUT2D eigenvalue weighted by atomic mass is 19.1. The first kappa shape index (κ1) is 26.2. The second kappa shape index (κ2) is 10.4. The molecule has 0 amide bonds. The number of hydrogen-bond acceptors (Lipinski definition) is 6. The monoisotopic (exact) mass is 524 g/mol. The van der Waals surface area contributed by atoms with Gasteiger partial charge in [-0.15, -0.1) is 0 Å². The number of nitrogens with one attached hydrogen (secondary N) is 1. The Hall–Kier alpha value is -3.37. The quantitative estimate of drug-likeness (QED) is 0.273. The SMILES string of the molecule is CC[C@H]1OC[C@@H](Oc2nc3c(F)c(-c4ccc(-c5ccc(C(C)(CO)CO)cc5)cc4)c(F)cc3[nH]2)[C@@H]1O. The van der Waals surface area contributed by atoms with Crippen molar-refractivity contribution >= 4 is 11.0 Å². The topological polar surface area (TPSA) is 108 Å². The highest BCUT2D eigenvalue weighted by Crippen LogP contribution is 2.34. The fourth-order valence-corrected chi connectivity index (χ4v) is 4.77. The van der Waals surface area contributed by atoms with Crippen molar-refractivity contribution in [2.24, 2.45) is 0 Å². The zero-order valence-electron chi connectivity index (χ0n) is 21.1. The van der Waals surface area contributed by atoms with Gasteiger partial charge in [-0.2, -0.15) is 4.98 Å². The summed E-state index contributed by atoms with van der Waals surface area (Å²) in [5.41, 5.74) is 2.03. The summed E-state index contributed by atoms with van der Waals surface area (Å²) in [5, 5.41) is 29.5. The number of aromatic amines is 1. The molecule has 0 bridgehead atoms. The maximum atomic E-state index is 15.5. The predicted octanol–water partition coefficient (Wildman–Crippen LogP) is 4.33. The van der Waals surface area contributed by atoms with Crippen LogP contribution in [0.25, 0.3) is 33.3 Å². The average molecular weight is 525 g/mol. The zero-order chi connectivity index (χ0) is 27.0. The number of halogens is 2. The molecule has 3 atom stereocenters. The molecule has 4 aromatic rings. The molecule has 1 aromatic heterocycles. The molecule has 200 valence electrons. The van der Waals surface area contributed by atoms with Gasteiger partial charge >= 0.3 is 0 Å². The lowest BCUT2D eigenvalue weighted by Crippen LogP contribution is -2.34. The lowest BCUT2D eigenvalue weighted by Gasteiger charge is -2.25. The number of fused-ring (bicyclic) bond motifs is 1. The van der Waals surface area contributed by atoms with Crippen molar-refractivity contribution < 1.29 is 33.6 Å². The lowest BCUT2D eigenvalue weighted by molar-refractivity contribution is 0.0258. The Kier molecular flexibility index (Phi) is 7.19. The van der Waals surface area contributed by atoms with E-state index in [9.17, 15) is 15.3 Å². The van der Waals surface area contributed by atoms with Gasteiger partial charge in [-0.1, -0.05) is 62.4 Å². The van der Waals surface area contributed by atoms with E-state index in [-0.39, 0.29) is 48.5 Å². The van der Waals surface area contributed by atoms with Crippen LogP contribution in [0.4, 0.5) is 8.78 Å². The van der Waals surface area contributed by atoms with Crippen LogP contribution in [0, 0.1) is 11.6 Å². The second-order valence-corrected chi connectivity index (χ2v) is 9.94. The first-order valence-electron chi connectivity index (χ1n) is 12.5. The number of aliphatic hydroxyl groups is 3. The third kappa shape index (κ3) is 4.67. The van der Waals surface area contributed by atoms with Crippen LogP contribution in [0.5, 0.6) is 6.01 Å². The van der Waals surface area contributed by atoms with Gasteiger partial charge in [0.05, 0.1) is 37.0 Å². The van der Waals surface area contributed by atoms with Gasteiger partial charge in [0.25, 0.3) is 6.01 Å². The number of rotatable bonds is 8. The molecule has 0 unspecified atom stereocenters. The molecular formula is C29H30F2N2O5. The van der Waals surface area contributed by atoms with Gasteiger partial charge in [-0.05, 0) is 28.7 Å². The summed E-state index contributed by atoms with van der Waals surface area (Å²) in [6.07, 6.45) is -1.21. The van der Waals surface area contributed by atoms with Gasteiger partial charge in [0.15, 0.2) is 11.9 Å². The zero-order valence-corrected chi connectivity index (χ0v) is 21.1. The summed E-state index contributed by atoms with van der Waals surface area (Å²) in [6, 6.07) is 15.4. The summed E-state index contributed by atoms with van der Waals surface area (Å²) >= 11 is 0. The first-order chi connectivity index (χ1) is 18.3. The van der Waals surface area contributed by atoms with Crippen LogP contribution in [0.3, 0.4) is 0 Å². The fraction of sp³-hybridized carbons (Fsp3) is 0.345. The van der Waals surface area contributed by atoms with Crippen LogP contribution in [0.2, 0.25) is 0 Å². The molecule has 0 aliphatic carbocycles. The van der Waals surface area contributed by atoms with Crippen LogP contribution < -0.4 is 4.74 Å². The summed E-state index contributed by atoms with van der Waals surface area (Å²) in [6.45, 7) is 3.49. The summed E-state index contributed by atoms with van der Waals surface area (Å²) < 4.78 is 41.7. The highest BCUT2D eigenvalue weighted by molar-refractivity contribution is 5.84. The van der Waals surface area contributed by atoms with Gasteiger partial charge in [-0.25, -0.2) is 8.78 Å². The summed E-state index contributed by atoms with van der Waals surface area (Å²) in [5.74, 6) is -1.56. The number of H-pyrrole nitrogens is 1. The third-order valence-corrected chi connectivity index (χ3v) is 7.34. The second-order valence-electron chi connectivity index (χ2n) is 9.94. The van der Waals surface area contributed by atoms with Crippen LogP contribution >= 0.6 is 0 Å². The largest absolute Gasteiger partial charge is 0.456 e. The fourth-order valence-electron chi connectivity index (χ4n) is 4.77. The summed E-state index contributed by atoms with van der Waals surface area (Å²) in [4.78, 5) is 6.95. The Bertz CT molecular complexity index is 1420. The van der Waals surface area contributed by atoms with Crippen molar-refractivity contribution in [2.75, 3.05) is 19.8 Å². The molecule has 3 aromatic carbocycles. The molecule has 7 nitrogen and oxygen atoms in total. The van der Waals surface area contributed by atoms with Crippen LogP contribution in [-0.4, -0.2) is 63.4 Å². The number of benzene rings is 3. The van der Waals surface area contributed by atoms with E-state index in [0.29, 0.717) is 12.0 Å². The van der Waals surface area contributed by atoms with Gasteiger partial charge < -0.3 is 29.8 Å². The van der Waals surface area contributed by atoms with Gasteiger partial charge in [-0.3, -0.25) is 0 Å². The molecule has 0 saturated carbocycles. The van der Waals surface area contributed by atoms with Crippen LogP contribution in [0.15, 0.2) is 54.6 Å². The molecule has 1 aliphatic rings. The van der Waals surface area contributed by atoms with Crippen molar-refractivity contribution in [3.8, 4) is 28.3 Å². The van der Waals surface area contributed by atoms with E-state index >= 15 is 8.78 Å². The standard InChI is InChI=1S/C29H30F2N2O5/c1-3-22-27(36)23(13-37-22)38-28-32-21-12-20(30)24(25(31)26(21)33-28)18-6-4-16(5-7-18)17-8-10-19(11-9-17)29(2,14-34)15-35/h4-12,22-23,27,34-36H,3,13-15H2,1-2H3,(H,32,33)/t22-,23-,27-/m1/s1. The first-order valence-corrected chi connectivity index (χ1v) is 12.5. The van der Waals surface area contributed by atoms with Crippen molar-refractivity contribution in [3.05, 3.63) is 71.8 Å². The molecule has 2 heterocycles. The smallest absolute Gasteiger partial charge is 0.295 e. The highest BCUT2D eigenvalue weighted by Gasteiger charge is 2.37. The van der Waals surface area contributed by atoms with Gasteiger partial charge in [0.2, 0.25) is 0 Å². The van der Waals surface area contributed by atoms with Crippen molar-refractivity contribution in [2.45, 2.75) is 44.0 Å². The molecule has 0 spiro atoms. The molecule has 38 heavy (non-hydrogen) atoms. The number of aliphatic hydroxyl groups excluding tert-OH is 3. The van der Waals surface area contributed by atoms with Crippen molar-refractivity contribution in [3.63, 3.8) is 0 Å². The molecule has 9 heteroatoms. The number of nitrogens with zero attached hydrogens (tertiary/aromatic N) is 1. The average Bonchev–Trinajstić information content (AvgIpc) is 3.51. The Morgan fingerprint density at radius 3 is 2.21 bits per heavy atom. The van der Waals surface area contributed by atoms with Crippen LogP contribution in [-0.2, 0) is 10.2 Å². The Labute approximate surface area is 218 Å². The van der Waals surface area contributed by atoms with E-state index < -0.39 is 29.3 Å². The Balaban J connectivity index is 1.40. The maximum Gasteiger partial charge on any atom is 0.295 e. The minimum Gasteiger partial charge on any atom is -0.456 e.